The molecule has 1 aliphatic rings. The molecule has 0 saturated carbocycles. The Labute approximate surface area is 88.6 Å². The van der Waals surface area contributed by atoms with Gasteiger partial charge in [0.25, 0.3) is 0 Å². The first-order valence-electron chi connectivity index (χ1n) is 4.77. The quantitative estimate of drug-likeness (QED) is 0.523. The number of nitrogens with zero attached hydrogens (tertiary/aromatic N) is 1. The molecule has 0 bridgehead atoms. The summed E-state index contributed by atoms with van der Waals surface area (Å²) in [4.78, 5) is 0. The van der Waals surface area contributed by atoms with E-state index in [4.69, 9.17) is 4.74 Å². The van der Waals surface area contributed by atoms with Crippen molar-refractivity contribution in [1.82, 2.24) is 0 Å². The summed E-state index contributed by atoms with van der Waals surface area (Å²) >= 11 is -1.17. The Hall–Kier alpha value is -0.480. The predicted molar refractivity (Wildman–Crippen MR) is 59.6 cm³/mol. The van der Waals surface area contributed by atoms with Crippen molar-refractivity contribution in [3.63, 3.8) is 0 Å². The zero-order chi connectivity index (χ0) is 10.6. The van der Waals surface area contributed by atoms with E-state index < -0.39 is 11.4 Å². The van der Waals surface area contributed by atoms with Crippen molar-refractivity contribution in [3.05, 3.63) is 12.3 Å². The second-order valence-corrected chi connectivity index (χ2v) is 6.17. The van der Waals surface area contributed by atoms with Crippen LogP contribution in [0.3, 0.4) is 0 Å². The van der Waals surface area contributed by atoms with Gasteiger partial charge in [-0.05, 0) is 39.7 Å². The van der Waals surface area contributed by atoms with Crippen LogP contribution in [0.4, 0.5) is 0 Å². The molecule has 0 aromatic carbocycles. The van der Waals surface area contributed by atoms with Gasteiger partial charge in [-0.25, -0.2) is 0 Å². The molecule has 4 heteroatoms. The van der Waals surface area contributed by atoms with Gasteiger partial charge < -0.3 is 9.29 Å². The highest BCUT2D eigenvalue weighted by atomic mass is 32.2. The first-order chi connectivity index (χ1) is 6.50. The molecule has 0 unspecified atom stereocenters. The summed E-state index contributed by atoms with van der Waals surface area (Å²) in [5.74, 6) is 0. The van der Waals surface area contributed by atoms with Crippen LogP contribution >= 0.6 is 0 Å². The molecule has 3 nitrogen and oxygen atoms in total. The predicted octanol–water partition coefficient (Wildman–Crippen LogP) is 2.21. The van der Waals surface area contributed by atoms with Crippen LogP contribution in [0.5, 0.6) is 0 Å². The van der Waals surface area contributed by atoms with E-state index in [1.807, 2.05) is 26.8 Å². The van der Waals surface area contributed by atoms with Crippen LogP contribution in [0.15, 0.2) is 16.7 Å². The summed E-state index contributed by atoms with van der Waals surface area (Å²) in [6.45, 7) is 5.71. The van der Waals surface area contributed by atoms with Crippen LogP contribution in [0.1, 0.15) is 33.6 Å². The summed E-state index contributed by atoms with van der Waals surface area (Å²) in [7, 11) is 0. The van der Waals surface area contributed by atoms with Gasteiger partial charge in [0.1, 0.15) is 22.2 Å². The molecule has 0 aromatic heterocycles. The number of ether oxygens (including phenoxy) is 1. The largest absolute Gasteiger partial charge is 0.591 e. The van der Waals surface area contributed by atoms with Crippen molar-refractivity contribution < 1.29 is 9.29 Å². The Bertz CT molecular complexity index is 233. The highest BCUT2D eigenvalue weighted by Gasteiger charge is 2.26. The van der Waals surface area contributed by atoms with E-state index in [0.717, 1.165) is 12.8 Å². The summed E-state index contributed by atoms with van der Waals surface area (Å²) in [5.41, 5.74) is 0. The lowest BCUT2D eigenvalue weighted by atomic mass is 10.2. The molecule has 0 radical (unpaired) electrons. The molecule has 14 heavy (non-hydrogen) atoms. The van der Waals surface area contributed by atoms with E-state index in [1.165, 1.54) is 0 Å². The Balaban J connectivity index is 2.42. The zero-order valence-electron chi connectivity index (χ0n) is 8.90. The third-order valence-electron chi connectivity index (χ3n) is 1.81. The lowest BCUT2D eigenvalue weighted by Crippen LogP contribution is -2.27. The van der Waals surface area contributed by atoms with Crippen LogP contribution in [0.2, 0.25) is 0 Å². The lowest BCUT2D eigenvalue weighted by molar-refractivity contribution is 0.185. The molecular weight excluding hydrogens is 198 g/mol. The fraction of sp³-hybridized carbons (Fsp3) is 0.700. The van der Waals surface area contributed by atoms with Crippen LogP contribution < -0.4 is 0 Å². The number of rotatable bonds is 2. The second kappa shape index (κ2) is 4.84. The SMILES string of the molecule is CC(C)(C)[S@@+]([O-])/N=C/[C@@H]1CCC=CO1. The monoisotopic (exact) mass is 215 g/mol. The number of allylic oxidation sites excluding steroid dienone is 1. The van der Waals surface area contributed by atoms with E-state index in [9.17, 15) is 4.55 Å². The van der Waals surface area contributed by atoms with Crippen molar-refractivity contribution in [2.45, 2.75) is 44.5 Å². The standard InChI is InChI=1S/C10H17NO2S/c1-10(2,3)14(12)11-8-9-6-4-5-7-13-9/h5,7-9H,4,6H2,1-3H3/b11-8+/t9-,14+/m0/s1. The smallest absolute Gasteiger partial charge is 0.144 e. The fourth-order valence-corrected chi connectivity index (χ4v) is 1.51. The van der Waals surface area contributed by atoms with E-state index in [0.29, 0.717) is 0 Å². The van der Waals surface area contributed by atoms with Gasteiger partial charge in [-0.15, -0.1) is 0 Å². The van der Waals surface area contributed by atoms with Gasteiger partial charge in [-0.1, -0.05) is 4.40 Å². The molecule has 0 aliphatic carbocycles. The highest BCUT2D eigenvalue weighted by molar-refractivity contribution is 7.91. The third kappa shape index (κ3) is 3.72. The van der Waals surface area contributed by atoms with Gasteiger partial charge in [0, 0.05) is 0 Å². The van der Waals surface area contributed by atoms with Gasteiger partial charge >= 0.3 is 0 Å². The van der Waals surface area contributed by atoms with E-state index in [-0.39, 0.29) is 10.9 Å². The molecule has 0 spiro atoms. The molecule has 0 amide bonds. The summed E-state index contributed by atoms with van der Waals surface area (Å²) in [5, 5.41) is 0. The first-order valence-corrected chi connectivity index (χ1v) is 5.87. The summed E-state index contributed by atoms with van der Waals surface area (Å²) in [6, 6.07) is 0. The first kappa shape index (κ1) is 11.6. The highest BCUT2D eigenvalue weighted by Crippen LogP contribution is 2.17. The average molecular weight is 215 g/mol. The second-order valence-electron chi connectivity index (χ2n) is 4.24. The van der Waals surface area contributed by atoms with Gasteiger partial charge in [-0.3, -0.25) is 0 Å². The van der Waals surface area contributed by atoms with Crippen molar-refractivity contribution in [2.75, 3.05) is 0 Å². The molecule has 2 atom stereocenters. The molecule has 0 N–H and O–H groups in total. The van der Waals surface area contributed by atoms with Crippen molar-refractivity contribution >= 4 is 17.6 Å². The van der Waals surface area contributed by atoms with Gasteiger partial charge in [0.05, 0.1) is 12.5 Å². The maximum atomic E-state index is 11.5. The molecule has 1 rings (SSSR count). The van der Waals surface area contributed by atoms with Crippen LogP contribution in [0, 0.1) is 0 Å². The van der Waals surface area contributed by atoms with Crippen molar-refractivity contribution in [2.24, 2.45) is 4.40 Å². The molecular formula is C10H17NO2S. The Morgan fingerprint density at radius 3 is 2.79 bits per heavy atom. The van der Waals surface area contributed by atoms with Crippen molar-refractivity contribution in [3.8, 4) is 0 Å². The Morgan fingerprint density at radius 1 is 1.57 bits per heavy atom. The number of hydrogen-bond acceptors (Lipinski definition) is 3. The van der Waals surface area contributed by atoms with E-state index >= 15 is 0 Å². The Kier molecular flexibility index (Phi) is 4.01. The molecule has 0 aromatic rings. The molecule has 1 aliphatic heterocycles. The zero-order valence-corrected chi connectivity index (χ0v) is 9.71. The minimum absolute atomic E-state index is 0.00806. The summed E-state index contributed by atoms with van der Waals surface area (Å²) < 4.78 is 20.5. The minimum Gasteiger partial charge on any atom is -0.591 e. The molecule has 80 valence electrons. The molecule has 0 fully saturated rings. The average Bonchev–Trinajstić information content (AvgIpc) is 2.14. The summed E-state index contributed by atoms with van der Waals surface area (Å²) in [6.07, 6.45) is 7.22. The van der Waals surface area contributed by atoms with Crippen LogP contribution in [0.25, 0.3) is 0 Å². The van der Waals surface area contributed by atoms with Crippen LogP contribution in [-0.2, 0) is 16.1 Å². The lowest BCUT2D eigenvalue weighted by Gasteiger charge is -2.19. The normalized spacial score (nSPS) is 25.0. The van der Waals surface area contributed by atoms with Gasteiger partial charge in [0.15, 0.2) is 0 Å². The molecule has 0 saturated heterocycles. The fourth-order valence-electron chi connectivity index (χ4n) is 0.944. The minimum atomic E-state index is -1.17. The maximum Gasteiger partial charge on any atom is 0.144 e. The van der Waals surface area contributed by atoms with E-state index in [1.54, 1.807) is 12.5 Å². The van der Waals surface area contributed by atoms with E-state index in [2.05, 4.69) is 4.40 Å². The number of hydrogen-bond donors (Lipinski definition) is 0. The third-order valence-corrected chi connectivity index (χ3v) is 3.18. The topological polar surface area (TPSA) is 44.7 Å². The van der Waals surface area contributed by atoms with Gasteiger partial charge in [0.2, 0.25) is 0 Å². The van der Waals surface area contributed by atoms with Crippen molar-refractivity contribution in [1.29, 1.82) is 0 Å². The van der Waals surface area contributed by atoms with Crippen LogP contribution in [-0.4, -0.2) is 21.6 Å². The molecule has 1 heterocycles. The Morgan fingerprint density at radius 2 is 2.29 bits per heavy atom. The maximum absolute atomic E-state index is 11.5. The van der Waals surface area contributed by atoms with Gasteiger partial charge in [-0.2, -0.15) is 0 Å².